The molecule has 2 nitrogen and oxygen atoms in total. The third-order valence-electron chi connectivity index (χ3n) is 5.88. The van der Waals surface area contributed by atoms with Gasteiger partial charge in [-0.1, -0.05) is 51.7 Å². The van der Waals surface area contributed by atoms with Crippen LogP contribution >= 0.6 is 0 Å². The van der Waals surface area contributed by atoms with Gasteiger partial charge in [-0.15, -0.1) is 0 Å². The van der Waals surface area contributed by atoms with E-state index >= 15 is 0 Å². The van der Waals surface area contributed by atoms with Crippen LogP contribution in [0.15, 0.2) is 46.4 Å². The van der Waals surface area contributed by atoms with E-state index in [9.17, 15) is 0 Å². The van der Waals surface area contributed by atoms with E-state index in [4.69, 9.17) is 9.98 Å². The van der Waals surface area contributed by atoms with Crippen molar-refractivity contribution < 1.29 is 16.5 Å². The van der Waals surface area contributed by atoms with Crippen LogP contribution in [0.3, 0.4) is 0 Å². The maximum Gasteiger partial charge on any atom is 0.0636 e. The maximum atomic E-state index is 5.13. The van der Waals surface area contributed by atoms with Gasteiger partial charge >= 0.3 is 0 Å². The second-order valence-electron chi connectivity index (χ2n) is 8.57. The summed E-state index contributed by atoms with van der Waals surface area (Å²) in [5, 5.41) is 0. The van der Waals surface area contributed by atoms with E-state index in [2.05, 4.69) is 77.9 Å². The zero-order valence-electron chi connectivity index (χ0n) is 20.3. The molecule has 0 amide bonds. The van der Waals surface area contributed by atoms with Gasteiger partial charge in [0.25, 0.3) is 0 Å². The minimum Gasteiger partial charge on any atom is -0.252 e. The zero-order valence-corrected chi connectivity index (χ0v) is 21.3. The predicted molar refractivity (Wildman–Crippen MR) is 134 cm³/mol. The molecule has 2 aromatic rings. The Morgan fingerprint density at radius 1 is 0.581 bits per heavy atom. The van der Waals surface area contributed by atoms with Crippen LogP contribution in [-0.4, -0.2) is 11.4 Å². The van der Waals surface area contributed by atoms with Gasteiger partial charge in [0.05, 0.1) is 22.8 Å². The Bertz CT molecular complexity index is 881. The van der Waals surface area contributed by atoms with Crippen LogP contribution in [0.25, 0.3) is 0 Å². The maximum absolute atomic E-state index is 5.13. The minimum absolute atomic E-state index is 0. The smallest absolute Gasteiger partial charge is 0.0636 e. The molecule has 0 radical (unpaired) electrons. The van der Waals surface area contributed by atoms with E-state index in [0.29, 0.717) is 0 Å². The van der Waals surface area contributed by atoms with E-state index in [1.807, 2.05) is 0 Å². The van der Waals surface area contributed by atoms with Gasteiger partial charge in [-0.3, -0.25) is 9.98 Å². The first-order valence-electron chi connectivity index (χ1n) is 11.7. The quantitative estimate of drug-likeness (QED) is 0.181. The largest absolute Gasteiger partial charge is 0.252 e. The molecule has 31 heavy (non-hydrogen) atoms. The second-order valence-corrected chi connectivity index (χ2v) is 8.57. The Hall–Kier alpha value is -1.73. The molecule has 0 unspecified atom stereocenters. The van der Waals surface area contributed by atoms with Gasteiger partial charge in [-0.05, 0) is 99.9 Å². The molecule has 0 atom stereocenters. The molecule has 0 bridgehead atoms. The summed E-state index contributed by atoms with van der Waals surface area (Å²) in [5.74, 6) is 0. The molecule has 172 valence electrons. The summed E-state index contributed by atoms with van der Waals surface area (Å²) >= 11 is 0. The molecule has 0 aromatic heterocycles. The summed E-state index contributed by atoms with van der Waals surface area (Å²) < 4.78 is 0. The van der Waals surface area contributed by atoms with E-state index in [1.54, 1.807) is 0 Å². The van der Waals surface area contributed by atoms with E-state index in [1.165, 1.54) is 60.1 Å². The average Bonchev–Trinajstić information content (AvgIpc) is 2.73. The molecule has 2 rings (SSSR count). The van der Waals surface area contributed by atoms with Crippen LogP contribution in [0, 0.1) is 27.7 Å². The predicted octanol–water partition coefficient (Wildman–Crippen LogP) is 8.92. The molecule has 0 saturated heterocycles. The molecule has 3 heteroatoms. The van der Waals surface area contributed by atoms with Gasteiger partial charge in [0, 0.05) is 16.5 Å². The third-order valence-corrected chi connectivity index (χ3v) is 5.88. The summed E-state index contributed by atoms with van der Waals surface area (Å²) in [7, 11) is 0. The van der Waals surface area contributed by atoms with Crippen LogP contribution < -0.4 is 0 Å². The van der Waals surface area contributed by atoms with Crippen molar-refractivity contribution in [2.45, 2.75) is 92.9 Å². The summed E-state index contributed by atoms with van der Waals surface area (Å²) in [6, 6.07) is 13.0. The fourth-order valence-electron chi connectivity index (χ4n) is 3.49. The molecule has 0 fully saturated rings. The van der Waals surface area contributed by atoms with Crippen molar-refractivity contribution in [2.24, 2.45) is 9.98 Å². The first kappa shape index (κ1) is 27.3. The third kappa shape index (κ3) is 9.11. The van der Waals surface area contributed by atoms with Gasteiger partial charge < -0.3 is 0 Å². The molecule has 0 heterocycles. The van der Waals surface area contributed by atoms with Crippen LogP contribution in [0.2, 0.25) is 0 Å². The van der Waals surface area contributed by atoms with Gasteiger partial charge in [-0.2, -0.15) is 0 Å². The van der Waals surface area contributed by atoms with Gasteiger partial charge in [0.2, 0.25) is 0 Å². The molecule has 0 saturated carbocycles. The van der Waals surface area contributed by atoms with Crippen LogP contribution in [0.5, 0.6) is 0 Å². The number of aryl methyl sites for hydroxylation is 4. The fraction of sp³-hybridized carbons (Fsp3) is 0.500. The number of hydrogen-bond acceptors (Lipinski definition) is 2. The van der Waals surface area contributed by atoms with Crippen molar-refractivity contribution in [1.82, 2.24) is 0 Å². The van der Waals surface area contributed by atoms with Crippen molar-refractivity contribution in [2.75, 3.05) is 0 Å². The average molecular weight is 463 g/mol. The van der Waals surface area contributed by atoms with Gasteiger partial charge in [-0.25, -0.2) is 0 Å². The van der Waals surface area contributed by atoms with E-state index in [-0.39, 0.29) is 16.5 Å². The Morgan fingerprint density at radius 3 is 1.45 bits per heavy atom. The van der Waals surface area contributed by atoms with Crippen molar-refractivity contribution in [3.05, 3.63) is 58.7 Å². The van der Waals surface area contributed by atoms with Gasteiger partial charge in [0.1, 0.15) is 0 Å². The fourth-order valence-corrected chi connectivity index (χ4v) is 3.49. The first-order chi connectivity index (χ1) is 14.4. The van der Waals surface area contributed by atoms with Crippen molar-refractivity contribution in [3.8, 4) is 0 Å². The number of rotatable bonds is 11. The number of nitrogens with zero attached hydrogens (tertiary/aromatic N) is 2. The molecule has 0 aliphatic heterocycles. The standard InChI is InChI=1S/C28H40N2.Ni/c1-7-9-11-12-14-28(30-26-18-16-22(4)24(6)20-26)27(13-10-8-2)29-25-17-15-21(3)23(5)19-25;/h15-20H,7-14H2,1-6H3;/b29-27+,30-28+;. The Morgan fingerprint density at radius 2 is 1.03 bits per heavy atom. The Labute approximate surface area is 200 Å². The molecule has 0 aliphatic rings. The molecule has 0 spiro atoms. The minimum atomic E-state index is 0. The van der Waals surface area contributed by atoms with Crippen LogP contribution in [0.1, 0.15) is 87.5 Å². The molecule has 0 aliphatic carbocycles. The topological polar surface area (TPSA) is 24.7 Å². The number of unbranched alkanes of at least 4 members (excludes halogenated alkanes) is 4. The molecule has 2 aromatic carbocycles. The van der Waals surface area contributed by atoms with Crippen LogP contribution in [0.4, 0.5) is 11.4 Å². The number of hydrogen-bond donors (Lipinski definition) is 0. The number of benzene rings is 2. The number of aliphatic imine (C=N–C) groups is 2. The first-order valence-corrected chi connectivity index (χ1v) is 11.7. The normalized spacial score (nSPS) is 12.1. The van der Waals surface area contributed by atoms with Gasteiger partial charge in [0.15, 0.2) is 0 Å². The van der Waals surface area contributed by atoms with Crippen molar-refractivity contribution in [1.29, 1.82) is 0 Å². The monoisotopic (exact) mass is 462 g/mol. The summed E-state index contributed by atoms with van der Waals surface area (Å²) in [4.78, 5) is 10.3. The van der Waals surface area contributed by atoms with Crippen molar-refractivity contribution in [3.63, 3.8) is 0 Å². The Kier molecular flexibility index (Phi) is 12.6. The Balaban J connectivity index is 0.00000480. The molecular weight excluding hydrogens is 423 g/mol. The summed E-state index contributed by atoms with van der Waals surface area (Å²) in [6.45, 7) is 13.1. The SMILES string of the molecule is CCCCCCC(=N\c1ccc(C)c(C)c1)/C(CCCC)=N/c1ccc(C)c(C)c1.[Ni]. The summed E-state index contributed by atoms with van der Waals surface area (Å²) in [5.41, 5.74) is 9.64. The molecular formula is C28H40N2Ni. The van der Waals surface area contributed by atoms with Crippen LogP contribution in [-0.2, 0) is 16.5 Å². The van der Waals surface area contributed by atoms with Crippen molar-refractivity contribution >= 4 is 22.8 Å². The zero-order chi connectivity index (χ0) is 21.9. The molecule has 0 N–H and O–H groups in total. The summed E-state index contributed by atoms with van der Waals surface area (Å²) in [6.07, 6.45) is 9.27. The van der Waals surface area contributed by atoms with E-state index < -0.39 is 0 Å². The second kappa shape index (κ2) is 14.4. The van der Waals surface area contributed by atoms with E-state index in [0.717, 1.165) is 36.3 Å².